The van der Waals surface area contributed by atoms with Crippen molar-refractivity contribution < 1.29 is 18.8 Å². The number of ether oxygens (including phenoxy) is 1. The van der Waals surface area contributed by atoms with Crippen LogP contribution in [0.2, 0.25) is 0 Å². The first kappa shape index (κ1) is 13.0. The molecule has 0 saturated heterocycles. The standard InChI is InChI=1S/C10H11FN2O4/c1-2-17-6-10(14)12-8-3-7(11)4-9(5-8)13(15)16/h3-5H,2,6H2,1H3,(H,12,14). The number of benzene rings is 1. The second kappa shape index (κ2) is 5.90. The van der Waals surface area contributed by atoms with Crippen LogP contribution >= 0.6 is 0 Å². The van der Waals surface area contributed by atoms with Gasteiger partial charge in [-0.1, -0.05) is 0 Å². The van der Waals surface area contributed by atoms with Crippen LogP contribution in [0.1, 0.15) is 6.92 Å². The van der Waals surface area contributed by atoms with Crippen molar-refractivity contribution in [3.05, 3.63) is 34.1 Å². The zero-order valence-corrected chi connectivity index (χ0v) is 9.10. The number of carbonyl (C=O) groups is 1. The van der Waals surface area contributed by atoms with Gasteiger partial charge in [0, 0.05) is 12.7 Å². The van der Waals surface area contributed by atoms with Gasteiger partial charge < -0.3 is 10.1 Å². The van der Waals surface area contributed by atoms with Crippen LogP contribution in [0.4, 0.5) is 15.8 Å². The smallest absolute Gasteiger partial charge is 0.274 e. The fourth-order valence-corrected chi connectivity index (χ4v) is 1.14. The molecule has 1 aromatic rings. The van der Waals surface area contributed by atoms with Crippen molar-refractivity contribution in [2.75, 3.05) is 18.5 Å². The summed E-state index contributed by atoms with van der Waals surface area (Å²) in [5.41, 5.74) is -0.391. The largest absolute Gasteiger partial charge is 0.372 e. The highest BCUT2D eigenvalue weighted by Gasteiger charge is 2.11. The zero-order valence-electron chi connectivity index (χ0n) is 9.10. The second-order valence-corrected chi connectivity index (χ2v) is 3.14. The van der Waals surface area contributed by atoms with Crippen LogP contribution < -0.4 is 5.32 Å². The fourth-order valence-electron chi connectivity index (χ4n) is 1.14. The molecule has 1 rings (SSSR count). The Morgan fingerprint density at radius 2 is 2.24 bits per heavy atom. The summed E-state index contributed by atoms with van der Waals surface area (Å²) in [5, 5.41) is 12.8. The topological polar surface area (TPSA) is 81.5 Å². The maximum absolute atomic E-state index is 13.0. The molecule has 92 valence electrons. The number of rotatable bonds is 5. The van der Waals surface area contributed by atoms with Gasteiger partial charge in [0.05, 0.1) is 16.7 Å². The molecule has 0 spiro atoms. The molecular formula is C10H11FN2O4. The number of non-ortho nitro benzene ring substituents is 1. The SMILES string of the molecule is CCOCC(=O)Nc1cc(F)cc([N+](=O)[O-])c1. The lowest BCUT2D eigenvalue weighted by molar-refractivity contribution is -0.385. The lowest BCUT2D eigenvalue weighted by Crippen LogP contribution is -2.18. The molecule has 0 aromatic heterocycles. The maximum Gasteiger partial charge on any atom is 0.274 e. The molecule has 1 N–H and O–H groups in total. The average Bonchev–Trinajstić information content (AvgIpc) is 2.25. The van der Waals surface area contributed by atoms with Crippen molar-refractivity contribution in [2.45, 2.75) is 6.92 Å². The first-order valence-corrected chi connectivity index (χ1v) is 4.85. The van der Waals surface area contributed by atoms with Crippen LogP contribution in [0.5, 0.6) is 0 Å². The van der Waals surface area contributed by atoms with E-state index in [-0.39, 0.29) is 12.3 Å². The minimum absolute atomic E-state index is 0.0291. The molecule has 0 aliphatic rings. The summed E-state index contributed by atoms with van der Waals surface area (Å²) in [5.74, 6) is -1.28. The average molecular weight is 242 g/mol. The number of nitro groups is 1. The highest BCUT2D eigenvalue weighted by Crippen LogP contribution is 2.19. The summed E-state index contributed by atoms with van der Waals surface area (Å²) in [6, 6.07) is 2.85. The molecule has 0 unspecified atom stereocenters. The lowest BCUT2D eigenvalue weighted by Gasteiger charge is -2.05. The van der Waals surface area contributed by atoms with E-state index in [4.69, 9.17) is 4.74 Å². The summed E-state index contributed by atoms with van der Waals surface area (Å²) >= 11 is 0. The van der Waals surface area contributed by atoms with Crippen molar-refractivity contribution in [2.24, 2.45) is 0 Å². The highest BCUT2D eigenvalue weighted by molar-refractivity contribution is 5.92. The Morgan fingerprint density at radius 3 is 2.82 bits per heavy atom. The van der Waals surface area contributed by atoms with Crippen LogP contribution in [0.3, 0.4) is 0 Å². The van der Waals surface area contributed by atoms with E-state index < -0.39 is 22.3 Å². The van der Waals surface area contributed by atoms with Crippen LogP contribution in [-0.2, 0) is 9.53 Å². The Bertz CT molecular complexity index is 436. The molecule has 0 aliphatic heterocycles. The summed E-state index contributed by atoms with van der Waals surface area (Å²) < 4.78 is 17.8. The van der Waals surface area contributed by atoms with Gasteiger partial charge in [0.15, 0.2) is 0 Å². The van der Waals surface area contributed by atoms with E-state index >= 15 is 0 Å². The minimum atomic E-state index is -0.786. The quantitative estimate of drug-likeness (QED) is 0.629. The third-order valence-electron chi connectivity index (χ3n) is 1.81. The first-order chi connectivity index (χ1) is 8.02. The van der Waals surface area contributed by atoms with Crippen LogP contribution in [0.25, 0.3) is 0 Å². The molecule has 1 amide bonds. The predicted molar refractivity (Wildman–Crippen MR) is 58.2 cm³/mol. The van der Waals surface area contributed by atoms with Gasteiger partial charge in [0.2, 0.25) is 5.91 Å². The Hall–Kier alpha value is -2.02. The molecule has 1 aromatic carbocycles. The third kappa shape index (κ3) is 4.15. The third-order valence-corrected chi connectivity index (χ3v) is 1.81. The number of carbonyl (C=O) groups excluding carboxylic acids is 1. The number of halogens is 1. The number of nitrogens with one attached hydrogen (secondary N) is 1. The molecule has 17 heavy (non-hydrogen) atoms. The van der Waals surface area contributed by atoms with Crippen molar-refractivity contribution in [3.63, 3.8) is 0 Å². The van der Waals surface area contributed by atoms with Crippen LogP contribution in [-0.4, -0.2) is 24.0 Å². The van der Waals surface area contributed by atoms with Crippen molar-refractivity contribution in [1.82, 2.24) is 0 Å². The first-order valence-electron chi connectivity index (χ1n) is 4.85. The van der Waals surface area contributed by atoms with Gasteiger partial charge >= 0.3 is 0 Å². The Labute approximate surface area is 96.5 Å². The van der Waals surface area contributed by atoms with E-state index in [9.17, 15) is 19.3 Å². The Kier molecular flexibility index (Phi) is 4.53. The van der Waals surface area contributed by atoms with E-state index in [2.05, 4.69) is 5.32 Å². The summed E-state index contributed by atoms with van der Waals surface area (Å²) in [4.78, 5) is 21.0. The molecule has 0 bridgehead atoms. The normalized spacial score (nSPS) is 10.0. The summed E-state index contributed by atoms with van der Waals surface area (Å²) in [6.07, 6.45) is 0. The van der Waals surface area contributed by atoms with Gasteiger partial charge in [0.25, 0.3) is 5.69 Å². The molecular weight excluding hydrogens is 231 g/mol. The highest BCUT2D eigenvalue weighted by atomic mass is 19.1. The van der Waals surface area contributed by atoms with Crippen molar-refractivity contribution >= 4 is 17.3 Å². The van der Waals surface area contributed by atoms with E-state index in [1.165, 1.54) is 0 Å². The molecule has 0 atom stereocenters. The monoisotopic (exact) mass is 242 g/mol. The predicted octanol–water partition coefficient (Wildman–Crippen LogP) is 1.71. The van der Waals surface area contributed by atoms with Gasteiger partial charge in [-0.3, -0.25) is 14.9 Å². The van der Waals surface area contributed by atoms with E-state index in [0.29, 0.717) is 6.61 Å². The summed E-state index contributed by atoms with van der Waals surface area (Å²) in [6.45, 7) is 1.91. The van der Waals surface area contributed by atoms with Crippen LogP contribution in [0, 0.1) is 15.9 Å². The fraction of sp³-hybridized carbons (Fsp3) is 0.300. The number of anilines is 1. The Balaban J connectivity index is 2.77. The molecule has 0 fully saturated rings. The van der Waals surface area contributed by atoms with Crippen LogP contribution in [0.15, 0.2) is 18.2 Å². The molecule has 0 saturated carbocycles. The van der Waals surface area contributed by atoms with E-state index in [1.807, 2.05) is 0 Å². The minimum Gasteiger partial charge on any atom is -0.372 e. The number of hydrogen-bond donors (Lipinski definition) is 1. The molecule has 7 heteroatoms. The number of nitrogens with zero attached hydrogens (tertiary/aromatic N) is 1. The van der Waals surface area contributed by atoms with Gasteiger partial charge in [-0.15, -0.1) is 0 Å². The molecule has 0 radical (unpaired) electrons. The number of amides is 1. The van der Waals surface area contributed by atoms with Gasteiger partial charge in [0.1, 0.15) is 12.4 Å². The van der Waals surface area contributed by atoms with Gasteiger partial charge in [-0.25, -0.2) is 4.39 Å². The van der Waals surface area contributed by atoms with E-state index in [0.717, 1.165) is 18.2 Å². The maximum atomic E-state index is 13.0. The molecule has 0 aliphatic carbocycles. The summed E-state index contributed by atoms with van der Waals surface area (Å²) in [7, 11) is 0. The van der Waals surface area contributed by atoms with Crippen molar-refractivity contribution in [3.8, 4) is 0 Å². The Morgan fingerprint density at radius 1 is 1.53 bits per heavy atom. The molecule has 6 nitrogen and oxygen atoms in total. The van der Waals surface area contributed by atoms with Gasteiger partial charge in [-0.05, 0) is 13.0 Å². The van der Waals surface area contributed by atoms with Gasteiger partial charge in [-0.2, -0.15) is 0 Å². The zero-order chi connectivity index (χ0) is 12.8. The number of hydrogen-bond acceptors (Lipinski definition) is 4. The number of nitro benzene ring substituents is 1. The lowest BCUT2D eigenvalue weighted by atomic mass is 10.2. The second-order valence-electron chi connectivity index (χ2n) is 3.14. The van der Waals surface area contributed by atoms with Crippen molar-refractivity contribution in [1.29, 1.82) is 0 Å². The van der Waals surface area contributed by atoms with E-state index in [1.54, 1.807) is 6.92 Å². The molecule has 0 heterocycles.